The van der Waals surface area contributed by atoms with Crippen LogP contribution in [0.2, 0.25) is 0 Å². The molecule has 2 heteroatoms. The summed E-state index contributed by atoms with van der Waals surface area (Å²) >= 11 is 0. The Balaban J connectivity index is 2.67. The van der Waals surface area contributed by atoms with E-state index in [9.17, 15) is 0 Å². The summed E-state index contributed by atoms with van der Waals surface area (Å²) < 4.78 is 5.25. The van der Waals surface area contributed by atoms with Gasteiger partial charge in [-0.2, -0.15) is 0 Å². The molecular weight excluding hydrogens is 162 g/mol. The Morgan fingerprint density at radius 1 is 1.38 bits per heavy atom. The van der Waals surface area contributed by atoms with E-state index in [0.29, 0.717) is 0 Å². The van der Waals surface area contributed by atoms with E-state index >= 15 is 0 Å². The summed E-state index contributed by atoms with van der Waals surface area (Å²) in [4.78, 5) is 3.34. The number of para-hydroxylation sites is 1. The minimum absolute atomic E-state index is 0.914. The molecular formula is C11H13NO. The van der Waals surface area contributed by atoms with Crippen molar-refractivity contribution in [3.63, 3.8) is 0 Å². The number of aryl methyl sites for hydroxylation is 1. The average Bonchev–Trinajstić information content (AvgIpc) is 2.59. The number of benzene rings is 1. The molecule has 0 aliphatic heterocycles. The second kappa shape index (κ2) is 3.13. The highest BCUT2D eigenvalue weighted by Gasteiger charge is 2.03. The summed E-state index contributed by atoms with van der Waals surface area (Å²) in [6, 6.07) is 8.23. The minimum atomic E-state index is 0.914. The van der Waals surface area contributed by atoms with Crippen LogP contribution in [0.1, 0.15) is 12.6 Å². The smallest absolute Gasteiger partial charge is 0.142 e. The first kappa shape index (κ1) is 8.17. The highest BCUT2D eigenvalue weighted by atomic mass is 16.5. The van der Waals surface area contributed by atoms with Gasteiger partial charge >= 0.3 is 0 Å². The number of fused-ring (bicyclic) bond motifs is 1. The quantitative estimate of drug-likeness (QED) is 0.745. The van der Waals surface area contributed by atoms with Gasteiger partial charge in [0.15, 0.2) is 0 Å². The third-order valence-corrected chi connectivity index (χ3v) is 2.27. The molecule has 1 aromatic carbocycles. The molecule has 0 bridgehead atoms. The van der Waals surface area contributed by atoms with Crippen LogP contribution in [0.3, 0.4) is 0 Å². The van der Waals surface area contributed by atoms with Crippen molar-refractivity contribution in [1.82, 2.24) is 4.98 Å². The molecule has 1 heterocycles. The van der Waals surface area contributed by atoms with Crippen LogP contribution < -0.4 is 4.74 Å². The molecule has 0 unspecified atom stereocenters. The molecule has 2 nitrogen and oxygen atoms in total. The van der Waals surface area contributed by atoms with Crippen molar-refractivity contribution < 1.29 is 4.74 Å². The fourth-order valence-corrected chi connectivity index (χ4v) is 1.55. The number of aromatic nitrogens is 1. The average molecular weight is 175 g/mol. The van der Waals surface area contributed by atoms with Gasteiger partial charge in [-0.3, -0.25) is 0 Å². The maximum Gasteiger partial charge on any atom is 0.142 e. The van der Waals surface area contributed by atoms with E-state index in [2.05, 4.69) is 24.0 Å². The van der Waals surface area contributed by atoms with Crippen molar-refractivity contribution >= 4 is 10.9 Å². The lowest BCUT2D eigenvalue weighted by molar-refractivity contribution is 0.419. The summed E-state index contributed by atoms with van der Waals surface area (Å²) in [7, 11) is 1.70. The Bertz CT molecular complexity index is 417. The number of nitrogens with one attached hydrogen (secondary N) is 1. The fourth-order valence-electron chi connectivity index (χ4n) is 1.55. The lowest BCUT2D eigenvalue weighted by Crippen LogP contribution is -1.83. The molecule has 0 radical (unpaired) electrons. The van der Waals surface area contributed by atoms with Gasteiger partial charge in [0.05, 0.1) is 12.6 Å². The van der Waals surface area contributed by atoms with Crippen LogP contribution >= 0.6 is 0 Å². The first-order chi connectivity index (χ1) is 6.35. The maximum absolute atomic E-state index is 5.25. The van der Waals surface area contributed by atoms with E-state index in [-0.39, 0.29) is 0 Å². The molecule has 0 amide bonds. The van der Waals surface area contributed by atoms with Crippen LogP contribution in [-0.4, -0.2) is 12.1 Å². The zero-order valence-electron chi connectivity index (χ0n) is 7.92. The van der Waals surface area contributed by atoms with Crippen molar-refractivity contribution in [1.29, 1.82) is 0 Å². The zero-order chi connectivity index (χ0) is 9.26. The summed E-state index contributed by atoms with van der Waals surface area (Å²) in [6.07, 6.45) is 1.03. The van der Waals surface area contributed by atoms with Crippen LogP contribution in [0.25, 0.3) is 10.9 Å². The predicted octanol–water partition coefficient (Wildman–Crippen LogP) is 2.74. The number of ether oxygens (including phenoxy) is 1. The molecule has 0 aliphatic carbocycles. The Kier molecular flexibility index (Phi) is 1.97. The lowest BCUT2D eigenvalue weighted by atomic mass is 10.2. The summed E-state index contributed by atoms with van der Waals surface area (Å²) in [5, 5.41) is 1.22. The number of methoxy groups -OCH3 is 1. The third-order valence-electron chi connectivity index (χ3n) is 2.27. The molecule has 68 valence electrons. The minimum Gasteiger partial charge on any atom is -0.495 e. The number of hydrogen-bond donors (Lipinski definition) is 1. The van der Waals surface area contributed by atoms with E-state index in [1.807, 2.05) is 12.1 Å². The van der Waals surface area contributed by atoms with Crippen molar-refractivity contribution in [3.05, 3.63) is 30.0 Å². The third kappa shape index (κ3) is 1.28. The fraction of sp³-hybridized carbons (Fsp3) is 0.273. The molecule has 0 saturated carbocycles. The normalized spacial score (nSPS) is 10.6. The van der Waals surface area contributed by atoms with Gasteiger partial charge in [-0.15, -0.1) is 0 Å². The summed E-state index contributed by atoms with van der Waals surface area (Å²) in [6.45, 7) is 2.14. The Morgan fingerprint density at radius 3 is 2.92 bits per heavy atom. The Hall–Kier alpha value is -1.44. The predicted molar refractivity (Wildman–Crippen MR) is 54.2 cm³/mol. The Labute approximate surface area is 77.5 Å². The molecule has 0 aliphatic rings. The van der Waals surface area contributed by atoms with Crippen molar-refractivity contribution in [2.75, 3.05) is 7.11 Å². The largest absolute Gasteiger partial charge is 0.495 e. The van der Waals surface area contributed by atoms with E-state index in [0.717, 1.165) is 17.7 Å². The van der Waals surface area contributed by atoms with Crippen molar-refractivity contribution in [2.45, 2.75) is 13.3 Å². The van der Waals surface area contributed by atoms with Crippen LogP contribution in [0.5, 0.6) is 5.75 Å². The zero-order valence-corrected chi connectivity index (χ0v) is 7.92. The SMILES string of the molecule is CCc1cc2cccc(OC)c2[nH]1. The Morgan fingerprint density at radius 2 is 2.23 bits per heavy atom. The van der Waals surface area contributed by atoms with Crippen LogP contribution in [0, 0.1) is 0 Å². The van der Waals surface area contributed by atoms with Crippen molar-refractivity contribution in [3.8, 4) is 5.75 Å². The van der Waals surface area contributed by atoms with E-state index in [4.69, 9.17) is 4.74 Å². The number of H-pyrrole nitrogens is 1. The van der Waals surface area contributed by atoms with Gasteiger partial charge in [-0.05, 0) is 18.6 Å². The summed E-state index contributed by atoms with van der Waals surface area (Å²) in [5.74, 6) is 0.914. The van der Waals surface area contributed by atoms with Gasteiger partial charge in [0.1, 0.15) is 5.75 Å². The molecule has 1 N–H and O–H groups in total. The molecule has 1 aromatic heterocycles. The van der Waals surface area contributed by atoms with Crippen LogP contribution in [0.15, 0.2) is 24.3 Å². The number of hydrogen-bond acceptors (Lipinski definition) is 1. The van der Waals surface area contributed by atoms with Gasteiger partial charge in [0.2, 0.25) is 0 Å². The van der Waals surface area contributed by atoms with E-state index in [1.165, 1.54) is 11.1 Å². The molecule has 0 fully saturated rings. The van der Waals surface area contributed by atoms with Gasteiger partial charge in [0, 0.05) is 11.1 Å². The second-order valence-electron chi connectivity index (χ2n) is 3.07. The van der Waals surface area contributed by atoms with Crippen LogP contribution in [0.4, 0.5) is 0 Å². The molecule has 2 aromatic rings. The van der Waals surface area contributed by atoms with Crippen molar-refractivity contribution in [2.24, 2.45) is 0 Å². The van der Waals surface area contributed by atoms with Gasteiger partial charge in [0.25, 0.3) is 0 Å². The van der Waals surface area contributed by atoms with Gasteiger partial charge in [-0.25, -0.2) is 0 Å². The van der Waals surface area contributed by atoms with Crippen LogP contribution in [-0.2, 0) is 6.42 Å². The van der Waals surface area contributed by atoms with E-state index < -0.39 is 0 Å². The lowest BCUT2D eigenvalue weighted by Gasteiger charge is -1.99. The molecule has 0 saturated heterocycles. The summed E-state index contributed by atoms with van der Waals surface area (Å²) in [5.41, 5.74) is 2.35. The van der Waals surface area contributed by atoms with E-state index in [1.54, 1.807) is 7.11 Å². The molecule has 13 heavy (non-hydrogen) atoms. The second-order valence-corrected chi connectivity index (χ2v) is 3.07. The highest BCUT2D eigenvalue weighted by Crippen LogP contribution is 2.25. The molecule has 0 atom stereocenters. The maximum atomic E-state index is 5.25. The molecule has 0 spiro atoms. The molecule has 2 rings (SSSR count). The monoisotopic (exact) mass is 175 g/mol. The standard InChI is InChI=1S/C11H13NO/c1-3-9-7-8-5-4-6-10(13-2)11(8)12-9/h4-7,12H,3H2,1-2H3. The van der Waals surface area contributed by atoms with Gasteiger partial charge in [-0.1, -0.05) is 19.1 Å². The first-order valence-corrected chi connectivity index (χ1v) is 4.49. The number of rotatable bonds is 2. The topological polar surface area (TPSA) is 25.0 Å². The first-order valence-electron chi connectivity index (χ1n) is 4.49. The van der Waals surface area contributed by atoms with Gasteiger partial charge < -0.3 is 9.72 Å². The highest BCUT2D eigenvalue weighted by molar-refractivity contribution is 5.86. The number of aromatic amines is 1.